The van der Waals surface area contributed by atoms with Crippen LogP contribution in [0.15, 0.2) is 24.5 Å². The van der Waals surface area contributed by atoms with Gasteiger partial charge in [0.25, 0.3) is 0 Å². The molecule has 0 radical (unpaired) electrons. The van der Waals surface area contributed by atoms with Gasteiger partial charge in [0, 0.05) is 50.5 Å². The van der Waals surface area contributed by atoms with Gasteiger partial charge in [0.1, 0.15) is 0 Å². The Hall–Kier alpha value is -1.46. The summed E-state index contributed by atoms with van der Waals surface area (Å²) in [5, 5.41) is 0. The Morgan fingerprint density at radius 1 is 1.32 bits per heavy atom. The normalized spacial score (nSPS) is 23.6. The molecule has 1 aromatic heterocycles. The van der Waals surface area contributed by atoms with Gasteiger partial charge in [-0.25, -0.2) is 0 Å². The summed E-state index contributed by atoms with van der Waals surface area (Å²) in [5.74, 6) is 0.687. The standard InChI is InChI=1S/C17H25N3O2/c1-13(2)19-7-8-22-16(12-19)9-17(21)20-10-15(11-20)14-3-5-18-6-4-14/h3-6,13,15-16H,7-12H2,1-2H3/t16-/m1/s1. The van der Waals surface area contributed by atoms with E-state index in [1.165, 1.54) is 5.56 Å². The predicted molar refractivity (Wildman–Crippen MR) is 84.6 cm³/mol. The number of pyridine rings is 1. The molecule has 2 fully saturated rings. The summed E-state index contributed by atoms with van der Waals surface area (Å²) in [4.78, 5) is 20.7. The van der Waals surface area contributed by atoms with Crippen LogP contribution >= 0.6 is 0 Å². The molecular formula is C17H25N3O2. The summed E-state index contributed by atoms with van der Waals surface area (Å²) in [6.07, 6.45) is 4.18. The molecular weight excluding hydrogens is 278 g/mol. The van der Waals surface area contributed by atoms with Gasteiger partial charge < -0.3 is 9.64 Å². The van der Waals surface area contributed by atoms with Crippen molar-refractivity contribution >= 4 is 5.91 Å². The van der Waals surface area contributed by atoms with E-state index < -0.39 is 0 Å². The number of rotatable bonds is 4. The quantitative estimate of drug-likeness (QED) is 0.846. The molecule has 2 saturated heterocycles. The highest BCUT2D eigenvalue weighted by Gasteiger charge is 2.33. The van der Waals surface area contributed by atoms with Crippen molar-refractivity contribution in [2.24, 2.45) is 0 Å². The van der Waals surface area contributed by atoms with E-state index in [4.69, 9.17) is 4.74 Å². The molecule has 0 spiro atoms. The van der Waals surface area contributed by atoms with Gasteiger partial charge >= 0.3 is 0 Å². The van der Waals surface area contributed by atoms with Crippen molar-refractivity contribution in [2.75, 3.05) is 32.8 Å². The van der Waals surface area contributed by atoms with E-state index in [9.17, 15) is 4.79 Å². The number of ether oxygens (including phenoxy) is 1. The van der Waals surface area contributed by atoms with Crippen LogP contribution in [0.1, 0.15) is 31.7 Å². The second kappa shape index (κ2) is 6.75. The number of carbonyl (C=O) groups excluding carboxylic acids is 1. The maximum atomic E-state index is 12.4. The van der Waals surface area contributed by atoms with Crippen molar-refractivity contribution in [3.8, 4) is 0 Å². The third-order valence-electron chi connectivity index (χ3n) is 4.71. The molecule has 5 heteroatoms. The highest BCUT2D eigenvalue weighted by molar-refractivity contribution is 5.78. The molecule has 0 N–H and O–H groups in total. The molecule has 1 atom stereocenters. The first-order chi connectivity index (χ1) is 10.6. The molecule has 0 saturated carbocycles. The van der Waals surface area contributed by atoms with Crippen LogP contribution in [0.25, 0.3) is 0 Å². The van der Waals surface area contributed by atoms with Crippen LogP contribution in [-0.4, -0.2) is 65.6 Å². The average Bonchev–Trinajstić information content (AvgIpc) is 2.47. The maximum Gasteiger partial charge on any atom is 0.225 e. The van der Waals surface area contributed by atoms with Gasteiger partial charge in [-0.05, 0) is 31.5 Å². The Bertz CT molecular complexity index is 500. The fraction of sp³-hybridized carbons (Fsp3) is 0.647. The van der Waals surface area contributed by atoms with Crippen LogP contribution in [0.2, 0.25) is 0 Å². The predicted octanol–water partition coefficient (Wildman–Crippen LogP) is 1.51. The van der Waals surface area contributed by atoms with Crippen LogP contribution in [-0.2, 0) is 9.53 Å². The van der Waals surface area contributed by atoms with Crippen molar-refractivity contribution < 1.29 is 9.53 Å². The molecule has 3 rings (SSSR count). The smallest absolute Gasteiger partial charge is 0.225 e. The van der Waals surface area contributed by atoms with Gasteiger partial charge in [-0.3, -0.25) is 14.7 Å². The summed E-state index contributed by atoms with van der Waals surface area (Å²) in [6, 6.07) is 4.59. The van der Waals surface area contributed by atoms with Gasteiger partial charge in [-0.1, -0.05) is 0 Å². The number of morpholine rings is 1. The van der Waals surface area contributed by atoms with Crippen LogP contribution in [0.3, 0.4) is 0 Å². The minimum absolute atomic E-state index is 0.0450. The molecule has 0 aliphatic carbocycles. The molecule has 3 heterocycles. The molecule has 1 amide bonds. The summed E-state index contributed by atoms with van der Waals surface area (Å²) in [7, 11) is 0. The van der Waals surface area contributed by atoms with E-state index in [0.717, 1.165) is 32.8 Å². The Balaban J connectivity index is 1.46. The zero-order chi connectivity index (χ0) is 15.5. The van der Waals surface area contributed by atoms with Gasteiger partial charge in [-0.2, -0.15) is 0 Å². The van der Waals surface area contributed by atoms with E-state index in [0.29, 0.717) is 18.4 Å². The molecule has 120 valence electrons. The largest absolute Gasteiger partial charge is 0.375 e. The number of carbonyl (C=O) groups is 1. The van der Waals surface area contributed by atoms with E-state index in [1.807, 2.05) is 29.4 Å². The fourth-order valence-electron chi connectivity index (χ4n) is 3.19. The monoisotopic (exact) mass is 303 g/mol. The molecule has 1 aromatic rings. The van der Waals surface area contributed by atoms with E-state index >= 15 is 0 Å². The second-order valence-corrected chi connectivity index (χ2v) is 6.56. The average molecular weight is 303 g/mol. The minimum Gasteiger partial charge on any atom is -0.375 e. The zero-order valence-corrected chi connectivity index (χ0v) is 13.4. The molecule has 22 heavy (non-hydrogen) atoms. The van der Waals surface area contributed by atoms with Crippen LogP contribution < -0.4 is 0 Å². The topological polar surface area (TPSA) is 45.7 Å². The Morgan fingerprint density at radius 3 is 2.73 bits per heavy atom. The van der Waals surface area contributed by atoms with Crippen molar-refractivity contribution in [1.29, 1.82) is 0 Å². The summed E-state index contributed by atoms with van der Waals surface area (Å²) < 4.78 is 5.76. The molecule has 5 nitrogen and oxygen atoms in total. The van der Waals surface area contributed by atoms with E-state index in [2.05, 4.69) is 23.7 Å². The third kappa shape index (κ3) is 3.47. The number of likely N-dealkylation sites (tertiary alicyclic amines) is 1. The lowest BCUT2D eigenvalue weighted by Crippen LogP contribution is -2.51. The molecule has 0 bridgehead atoms. The summed E-state index contributed by atoms with van der Waals surface area (Å²) in [5.41, 5.74) is 1.28. The number of amides is 1. The Kier molecular flexibility index (Phi) is 4.74. The van der Waals surface area contributed by atoms with Crippen molar-refractivity contribution in [1.82, 2.24) is 14.8 Å². The van der Waals surface area contributed by atoms with Gasteiger partial charge in [0.2, 0.25) is 5.91 Å². The maximum absolute atomic E-state index is 12.4. The lowest BCUT2D eigenvalue weighted by Gasteiger charge is -2.41. The van der Waals surface area contributed by atoms with Crippen LogP contribution in [0, 0.1) is 0 Å². The van der Waals surface area contributed by atoms with Crippen molar-refractivity contribution in [3.63, 3.8) is 0 Å². The highest BCUT2D eigenvalue weighted by atomic mass is 16.5. The first-order valence-electron chi connectivity index (χ1n) is 8.17. The zero-order valence-electron chi connectivity index (χ0n) is 13.4. The lowest BCUT2D eigenvalue weighted by molar-refractivity contribution is -0.141. The molecule has 2 aliphatic heterocycles. The van der Waals surface area contributed by atoms with Crippen LogP contribution in [0.5, 0.6) is 0 Å². The van der Waals surface area contributed by atoms with Gasteiger partial charge in [0.15, 0.2) is 0 Å². The van der Waals surface area contributed by atoms with E-state index in [1.54, 1.807) is 0 Å². The minimum atomic E-state index is 0.0450. The number of aromatic nitrogens is 1. The molecule has 0 unspecified atom stereocenters. The third-order valence-corrected chi connectivity index (χ3v) is 4.71. The van der Waals surface area contributed by atoms with Crippen LogP contribution in [0.4, 0.5) is 0 Å². The number of hydrogen-bond donors (Lipinski definition) is 0. The number of nitrogens with zero attached hydrogens (tertiary/aromatic N) is 3. The van der Waals surface area contributed by atoms with Crippen molar-refractivity contribution in [3.05, 3.63) is 30.1 Å². The number of hydrogen-bond acceptors (Lipinski definition) is 4. The first-order valence-corrected chi connectivity index (χ1v) is 8.17. The highest BCUT2D eigenvalue weighted by Crippen LogP contribution is 2.27. The second-order valence-electron chi connectivity index (χ2n) is 6.56. The van der Waals surface area contributed by atoms with Gasteiger partial charge in [0.05, 0.1) is 19.1 Å². The fourth-order valence-corrected chi connectivity index (χ4v) is 3.19. The Labute approximate surface area is 132 Å². The lowest BCUT2D eigenvalue weighted by atomic mass is 9.92. The summed E-state index contributed by atoms with van der Waals surface area (Å²) in [6.45, 7) is 8.60. The Morgan fingerprint density at radius 2 is 2.05 bits per heavy atom. The van der Waals surface area contributed by atoms with Crippen molar-refractivity contribution in [2.45, 2.75) is 38.3 Å². The molecule has 0 aromatic carbocycles. The van der Waals surface area contributed by atoms with Gasteiger partial charge in [-0.15, -0.1) is 0 Å². The molecule has 2 aliphatic rings. The summed E-state index contributed by atoms with van der Waals surface area (Å²) >= 11 is 0. The first kappa shape index (κ1) is 15.4. The SMILES string of the molecule is CC(C)N1CCO[C@H](CC(=O)N2CC(c3ccncc3)C2)C1. The van der Waals surface area contributed by atoms with E-state index in [-0.39, 0.29) is 12.0 Å².